The van der Waals surface area contributed by atoms with Gasteiger partial charge in [-0.25, -0.2) is 0 Å². The summed E-state index contributed by atoms with van der Waals surface area (Å²) in [5.41, 5.74) is 0.0714. The van der Waals surface area contributed by atoms with Crippen molar-refractivity contribution in [2.45, 2.75) is 56.6 Å². The third kappa shape index (κ3) is 3.08. The molecular formula is C12H21ClO2. The molecule has 3 atom stereocenters. The van der Waals surface area contributed by atoms with Crippen LogP contribution in [0.25, 0.3) is 0 Å². The Bertz CT molecular complexity index is 218. The van der Waals surface area contributed by atoms with Crippen LogP contribution >= 0.6 is 11.6 Å². The molecule has 0 aliphatic carbocycles. The minimum absolute atomic E-state index is 0.0714. The fraction of sp³-hybridized carbons (Fsp3) is 1.00. The maximum absolute atomic E-state index is 6.30. The van der Waals surface area contributed by atoms with Crippen LogP contribution in [-0.2, 0) is 9.47 Å². The third-order valence-electron chi connectivity index (χ3n) is 3.50. The summed E-state index contributed by atoms with van der Waals surface area (Å²) in [7, 11) is 0. The summed E-state index contributed by atoms with van der Waals surface area (Å²) in [4.78, 5) is 0. The van der Waals surface area contributed by atoms with E-state index in [1.807, 2.05) is 0 Å². The summed E-state index contributed by atoms with van der Waals surface area (Å²) in [6, 6.07) is 0. The maximum Gasteiger partial charge on any atom is 0.0631 e. The lowest BCUT2D eigenvalue weighted by Crippen LogP contribution is -2.32. The van der Waals surface area contributed by atoms with Crippen molar-refractivity contribution in [3.8, 4) is 0 Å². The summed E-state index contributed by atoms with van der Waals surface area (Å²) in [5, 5.41) is 0.283. The summed E-state index contributed by atoms with van der Waals surface area (Å²) in [5.74, 6) is 0.485. The summed E-state index contributed by atoms with van der Waals surface area (Å²) in [6.07, 6.45) is 4.79. The lowest BCUT2D eigenvalue weighted by atomic mass is 9.93. The summed E-state index contributed by atoms with van der Waals surface area (Å²) in [6.45, 7) is 5.97. The van der Waals surface area contributed by atoms with Crippen molar-refractivity contribution in [1.29, 1.82) is 0 Å². The van der Waals surface area contributed by atoms with Crippen LogP contribution in [-0.4, -0.2) is 30.3 Å². The van der Waals surface area contributed by atoms with Crippen molar-refractivity contribution in [1.82, 2.24) is 0 Å². The second-order valence-corrected chi connectivity index (χ2v) is 5.97. The topological polar surface area (TPSA) is 18.5 Å². The van der Waals surface area contributed by atoms with Crippen LogP contribution in [0.5, 0.6) is 0 Å². The standard InChI is InChI=1S/C12H21ClO2/c1-12(2)5-3-10(15-12)7-9-8-14-6-4-11(9)13/h9-11H,3-8H2,1-2H3. The van der Waals surface area contributed by atoms with Gasteiger partial charge in [0.2, 0.25) is 0 Å². The highest BCUT2D eigenvalue weighted by Crippen LogP contribution is 2.35. The Morgan fingerprint density at radius 3 is 2.73 bits per heavy atom. The molecule has 0 N–H and O–H groups in total. The van der Waals surface area contributed by atoms with Crippen molar-refractivity contribution in [2.24, 2.45) is 5.92 Å². The molecule has 2 rings (SSSR count). The van der Waals surface area contributed by atoms with Crippen LogP contribution in [0.2, 0.25) is 0 Å². The van der Waals surface area contributed by atoms with Crippen LogP contribution in [0.15, 0.2) is 0 Å². The maximum atomic E-state index is 6.30. The van der Waals surface area contributed by atoms with Crippen LogP contribution in [0.3, 0.4) is 0 Å². The van der Waals surface area contributed by atoms with Gasteiger partial charge in [0.25, 0.3) is 0 Å². The monoisotopic (exact) mass is 232 g/mol. The molecule has 2 fully saturated rings. The first-order valence-corrected chi connectivity index (χ1v) is 6.40. The van der Waals surface area contributed by atoms with Crippen LogP contribution in [0.1, 0.15) is 39.5 Å². The zero-order valence-corrected chi connectivity index (χ0v) is 10.4. The van der Waals surface area contributed by atoms with Gasteiger partial charge < -0.3 is 9.47 Å². The summed E-state index contributed by atoms with van der Waals surface area (Å²) >= 11 is 6.30. The number of rotatable bonds is 2. The molecule has 3 heteroatoms. The van der Waals surface area contributed by atoms with E-state index >= 15 is 0 Å². The molecule has 2 saturated heterocycles. The molecular weight excluding hydrogens is 212 g/mol. The predicted molar refractivity (Wildman–Crippen MR) is 61.4 cm³/mol. The van der Waals surface area contributed by atoms with Crippen LogP contribution in [0, 0.1) is 5.92 Å². The SMILES string of the molecule is CC1(C)CCC(CC2COCCC2Cl)O1. The second kappa shape index (κ2) is 4.60. The molecule has 0 aromatic heterocycles. The van der Waals surface area contributed by atoms with Gasteiger partial charge in [0.15, 0.2) is 0 Å². The highest BCUT2D eigenvalue weighted by molar-refractivity contribution is 6.20. The molecule has 0 bridgehead atoms. The van der Waals surface area contributed by atoms with Crippen molar-refractivity contribution in [3.05, 3.63) is 0 Å². The van der Waals surface area contributed by atoms with Gasteiger partial charge in [-0.2, -0.15) is 0 Å². The Labute approximate surface area is 97.3 Å². The molecule has 2 nitrogen and oxygen atoms in total. The Morgan fingerprint density at radius 1 is 1.33 bits per heavy atom. The highest BCUT2D eigenvalue weighted by atomic mass is 35.5. The Balaban J connectivity index is 1.81. The summed E-state index contributed by atoms with van der Waals surface area (Å²) < 4.78 is 11.5. The van der Waals surface area contributed by atoms with Gasteiger partial charge in [-0.15, -0.1) is 11.6 Å². The van der Waals surface area contributed by atoms with Gasteiger partial charge in [-0.05, 0) is 39.5 Å². The van der Waals surface area contributed by atoms with E-state index in [1.54, 1.807) is 0 Å². The Kier molecular flexibility index (Phi) is 3.59. The van der Waals surface area contributed by atoms with Crippen LogP contribution in [0.4, 0.5) is 0 Å². The molecule has 3 unspecified atom stereocenters. The first-order valence-electron chi connectivity index (χ1n) is 5.96. The third-order valence-corrected chi connectivity index (χ3v) is 4.08. The van der Waals surface area contributed by atoms with Gasteiger partial charge >= 0.3 is 0 Å². The van der Waals surface area contributed by atoms with E-state index in [0.29, 0.717) is 12.0 Å². The van der Waals surface area contributed by atoms with E-state index in [0.717, 1.165) is 32.5 Å². The van der Waals surface area contributed by atoms with Crippen molar-refractivity contribution in [3.63, 3.8) is 0 Å². The van der Waals surface area contributed by atoms with E-state index < -0.39 is 0 Å². The minimum Gasteiger partial charge on any atom is -0.381 e. The molecule has 0 radical (unpaired) electrons. The lowest BCUT2D eigenvalue weighted by molar-refractivity contribution is -0.0375. The molecule has 0 amide bonds. The van der Waals surface area contributed by atoms with E-state index in [1.165, 1.54) is 6.42 Å². The van der Waals surface area contributed by atoms with E-state index in [-0.39, 0.29) is 11.0 Å². The molecule has 0 saturated carbocycles. The van der Waals surface area contributed by atoms with Crippen molar-refractivity contribution in [2.75, 3.05) is 13.2 Å². The zero-order valence-electron chi connectivity index (χ0n) is 9.67. The van der Waals surface area contributed by atoms with Crippen molar-refractivity contribution >= 4 is 11.6 Å². The average molecular weight is 233 g/mol. The zero-order chi connectivity index (χ0) is 10.9. The molecule has 15 heavy (non-hydrogen) atoms. The first kappa shape index (κ1) is 11.7. The smallest absolute Gasteiger partial charge is 0.0631 e. The molecule has 2 heterocycles. The van der Waals surface area contributed by atoms with Crippen molar-refractivity contribution < 1.29 is 9.47 Å². The Morgan fingerprint density at radius 2 is 2.13 bits per heavy atom. The largest absolute Gasteiger partial charge is 0.381 e. The number of alkyl halides is 1. The van der Waals surface area contributed by atoms with E-state index in [2.05, 4.69) is 13.8 Å². The fourth-order valence-electron chi connectivity index (χ4n) is 2.57. The second-order valence-electron chi connectivity index (χ2n) is 5.41. The predicted octanol–water partition coefficient (Wildman–Crippen LogP) is 2.98. The van der Waals surface area contributed by atoms with Gasteiger partial charge in [-0.3, -0.25) is 0 Å². The minimum atomic E-state index is 0.0714. The lowest BCUT2D eigenvalue weighted by Gasteiger charge is -2.29. The molecule has 0 aromatic rings. The van der Waals surface area contributed by atoms with E-state index in [4.69, 9.17) is 21.1 Å². The van der Waals surface area contributed by atoms with Gasteiger partial charge in [0.05, 0.1) is 18.3 Å². The molecule has 88 valence electrons. The van der Waals surface area contributed by atoms with Gasteiger partial charge in [0, 0.05) is 17.9 Å². The van der Waals surface area contributed by atoms with E-state index in [9.17, 15) is 0 Å². The average Bonchev–Trinajstić information content (AvgIpc) is 2.50. The molecule has 0 aromatic carbocycles. The fourth-order valence-corrected chi connectivity index (χ4v) is 2.83. The molecule has 0 spiro atoms. The number of hydrogen-bond donors (Lipinski definition) is 0. The quantitative estimate of drug-likeness (QED) is 0.682. The van der Waals surface area contributed by atoms with Gasteiger partial charge in [0.1, 0.15) is 0 Å². The first-order chi connectivity index (χ1) is 7.07. The number of ether oxygens (including phenoxy) is 2. The van der Waals surface area contributed by atoms with Gasteiger partial charge in [-0.1, -0.05) is 0 Å². The number of halogens is 1. The van der Waals surface area contributed by atoms with Crippen LogP contribution < -0.4 is 0 Å². The number of hydrogen-bond acceptors (Lipinski definition) is 2. The molecule has 2 aliphatic heterocycles. The Hall–Kier alpha value is 0.210. The normalized spacial score (nSPS) is 40.6. The molecule has 2 aliphatic rings. The highest BCUT2D eigenvalue weighted by Gasteiger charge is 2.35.